The molecular formula is C34H40ClF2N5O7S2. The monoisotopic (exact) mass is 767 g/mol. The molecule has 0 fully saturated rings. The SMILES string of the molecule is CCN(CCNCc1cc(Cl)ccc1COc1cc(F)c(S(=O)(=O)N(Cc2ccc(OC)cc2OC)c2ncns2)cc1F)C(=O)OC(C)(C)C. The van der Waals surface area contributed by atoms with E-state index in [4.69, 9.17) is 30.5 Å². The Labute approximate surface area is 305 Å². The first kappa shape index (κ1) is 39.5. The van der Waals surface area contributed by atoms with Crippen LogP contribution in [0.3, 0.4) is 0 Å². The van der Waals surface area contributed by atoms with Gasteiger partial charge in [-0.2, -0.15) is 4.37 Å². The zero-order chi connectivity index (χ0) is 37.3. The zero-order valence-electron chi connectivity index (χ0n) is 29.0. The second kappa shape index (κ2) is 17.3. The summed E-state index contributed by atoms with van der Waals surface area (Å²) in [6.45, 7) is 8.38. The Bertz CT molecular complexity index is 1910. The van der Waals surface area contributed by atoms with Crippen LogP contribution in [-0.2, 0) is 34.5 Å². The van der Waals surface area contributed by atoms with E-state index in [1.165, 1.54) is 14.2 Å². The normalized spacial score (nSPS) is 11.6. The van der Waals surface area contributed by atoms with E-state index < -0.39 is 44.0 Å². The molecule has 276 valence electrons. The summed E-state index contributed by atoms with van der Waals surface area (Å²) in [5.74, 6) is -2.02. The lowest BCUT2D eigenvalue weighted by Crippen LogP contribution is -2.40. The van der Waals surface area contributed by atoms with E-state index in [9.17, 15) is 13.2 Å². The Morgan fingerprint density at radius 1 is 0.980 bits per heavy atom. The van der Waals surface area contributed by atoms with E-state index in [0.717, 1.165) is 27.7 Å². The number of hydrogen-bond acceptors (Lipinski definition) is 11. The predicted molar refractivity (Wildman–Crippen MR) is 190 cm³/mol. The van der Waals surface area contributed by atoms with Crippen LogP contribution in [0.4, 0.5) is 18.7 Å². The maximum Gasteiger partial charge on any atom is 0.410 e. The Morgan fingerprint density at radius 3 is 2.37 bits per heavy atom. The lowest BCUT2D eigenvalue weighted by molar-refractivity contribution is 0.0262. The second-order valence-corrected chi connectivity index (χ2v) is 15.1. The number of carbonyl (C=O) groups excluding carboxylic acids is 1. The average Bonchev–Trinajstić information content (AvgIpc) is 3.61. The Hall–Kier alpha value is -4.25. The number of anilines is 1. The largest absolute Gasteiger partial charge is 0.497 e. The highest BCUT2D eigenvalue weighted by atomic mass is 35.5. The zero-order valence-corrected chi connectivity index (χ0v) is 31.4. The molecule has 1 aromatic heterocycles. The fourth-order valence-corrected chi connectivity index (χ4v) is 7.19. The molecule has 1 amide bonds. The highest BCUT2D eigenvalue weighted by Crippen LogP contribution is 2.34. The summed E-state index contributed by atoms with van der Waals surface area (Å²) >= 11 is 7.01. The number of carbonyl (C=O) groups is 1. The molecule has 4 rings (SSSR count). The van der Waals surface area contributed by atoms with Crippen molar-refractivity contribution >= 4 is 44.4 Å². The molecule has 0 atom stereocenters. The maximum absolute atomic E-state index is 15.6. The average molecular weight is 768 g/mol. The molecule has 0 aliphatic carbocycles. The molecule has 0 saturated heterocycles. The molecule has 0 bridgehead atoms. The van der Waals surface area contributed by atoms with Gasteiger partial charge < -0.3 is 29.2 Å². The van der Waals surface area contributed by atoms with E-state index in [-0.39, 0.29) is 18.3 Å². The Morgan fingerprint density at radius 2 is 1.73 bits per heavy atom. The van der Waals surface area contributed by atoms with Gasteiger partial charge in [0.2, 0.25) is 5.13 Å². The maximum atomic E-state index is 15.6. The first-order valence-corrected chi connectivity index (χ1v) is 18.3. The fraction of sp³-hybridized carbons (Fsp3) is 0.382. The van der Waals surface area contributed by atoms with Crippen LogP contribution in [0.25, 0.3) is 0 Å². The summed E-state index contributed by atoms with van der Waals surface area (Å²) < 4.78 is 85.3. The topological polar surface area (TPSA) is 132 Å². The van der Waals surface area contributed by atoms with E-state index in [0.29, 0.717) is 66.0 Å². The van der Waals surface area contributed by atoms with Crippen LogP contribution in [0.2, 0.25) is 5.02 Å². The van der Waals surface area contributed by atoms with Crippen molar-refractivity contribution < 1.29 is 40.9 Å². The smallest absolute Gasteiger partial charge is 0.410 e. The van der Waals surface area contributed by atoms with Gasteiger partial charge in [0.1, 0.15) is 40.7 Å². The molecule has 12 nitrogen and oxygen atoms in total. The van der Waals surface area contributed by atoms with Crippen LogP contribution >= 0.6 is 23.1 Å². The summed E-state index contributed by atoms with van der Waals surface area (Å²) in [4.78, 5) is 17.1. The van der Waals surface area contributed by atoms with Crippen molar-refractivity contribution in [3.8, 4) is 17.2 Å². The number of benzene rings is 3. The molecule has 51 heavy (non-hydrogen) atoms. The summed E-state index contributed by atoms with van der Waals surface area (Å²) in [5.41, 5.74) is 1.15. The highest BCUT2D eigenvalue weighted by molar-refractivity contribution is 7.93. The number of amides is 1. The van der Waals surface area contributed by atoms with Gasteiger partial charge in [0.15, 0.2) is 11.6 Å². The number of sulfonamides is 1. The number of likely N-dealkylation sites (N-methyl/N-ethyl adjacent to an activating group) is 1. The van der Waals surface area contributed by atoms with Crippen LogP contribution in [0.1, 0.15) is 44.4 Å². The van der Waals surface area contributed by atoms with Gasteiger partial charge in [-0.25, -0.2) is 31.3 Å². The van der Waals surface area contributed by atoms with Crippen LogP contribution in [0.15, 0.2) is 59.8 Å². The molecule has 3 aromatic carbocycles. The van der Waals surface area contributed by atoms with E-state index >= 15 is 8.78 Å². The minimum absolute atomic E-state index is 0.0656. The second-order valence-electron chi connectivity index (χ2n) is 12.1. The van der Waals surface area contributed by atoms with Crippen LogP contribution in [0, 0.1) is 11.6 Å². The van der Waals surface area contributed by atoms with Gasteiger partial charge in [0.25, 0.3) is 10.0 Å². The van der Waals surface area contributed by atoms with Gasteiger partial charge in [-0.1, -0.05) is 17.7 Å². The fourth-order valence-electron chi connectivity index (χ4n) is 4.80. The molecule has 1 N–H and O–H groups in total. The van der Waals surface area contributed by atoms with E-state index in [1.54, 1.807) is 62.1 Å². The van der Waals surface area contributed by atoms with Crippen molar-refractivity contribution in [2.24, 2.45) is 0 Å². The standard InChI is InChI=1S/C34H40ClF2N5O7S2/c1-7-41(33(43)49-34(2,3)4)13-12-38-18-24-14-25(35)10-8-23(24)20-48-30-16-28(37)31(17-27(30)36)51(44,45)42(32-39-21-40-50-32)19-22-9-11-26(46-5)15-29(22)47-6/h8-11,14-17,21,38H,7,12-13,18-20H2,1-6H3. The third kappa shape index (κ3) is 10.4. The first-order chi connectivity index (χ1) is 24.2. The number of rotatable bonds is 16. The number of nitrogens with one attached hydrogen (secondary N) is 1. The molecule has 1 heterocycles. The van der Waals surface area contributed by atoms with Crippen LogP contribution in [0.5, 0.6) is 17.2 Å². The van der Waals surface area contributed by atoms with Crippen LogP contribution < -0.4 is 23.8 Å². The Kier molecular flexibility index (Phi) is 13.4. The molecule has 0 aliphatic rings. The molecule has 17 heteroatoms. The van der Waals surface area contributed by atoms with Crippen molar-refractivity contribution in [1.82, 2.24) is 19.6 Å². The minimum Gasteiger partial charge on any atom is -0.497 e. The van der Waals surface area contributed by atoms with Gasteiger partial charge in [0.05, 0.1) is 20.8 Å². The summed E-state index contributed by atoms with van der Waals surface area (Å²) in [7, 11) is -1.83. The Balaban J connectivity index is 1.50. The lowest BCUT2D eigenvalue weighted by Gasteiger charge is -2.26. The number of nitrogens with zero attached hydrogens (tertiary/aromatic N) is 4. The van der Waals surface area contributed by atoms with Gasteiger partial charge in [-0.3, -0.25) is 0 Å². The van der Waals surface area contributed by atoms with Gasteiger partial charge >= 0.3 is 6.09 Å². The molecule has 0 unspecified atom stereocenters. The predicted octanol–water partition coefficient (Wildman–Crippen LogP) is 6.81. The first-order valence-electron chi connectivity index (χ1n) is 15.7. The number of hydrogen-bond donors (Lipinski definition) is 1. The third-order valence-electron chi connectivity index (χ3n) is 7.38. The molecule has 0 radical (unpaired) electrons. The molecule has 4 aromatic rings. The summed E-state index contributed by atoms with van der Waals surface area (Å²) in [6, 6.07) is 11.1. The number of methoxy groups -OCH3 is 2. The summed E-state index contributed by atoms with van der Waals surface area (Å²) in [5, 5.41) is 3.65. The van der Waals surface area contributed by atoms with Crippen molar-refractivity contribution in [3.05, 3.63) is 88.2 Å². The molecule has 0 aliphatic heterocycles. The minimum atomic E-state index is -4.72. The number of halogens is 3. The lowest BCUT2D eigenvalue weighted by atomic mass is 10.1. The van der Waals surface area contributed by atoms with Gasteiger partial charge in [-0.05, 0) is 63.1 Å². The number of ether oxygens (including phenoxy) is 4. The van der Waals surface area contributed by atoms with Gasteiger partial charge in [-0.15, -0.1) is 0 Å². The van der Waals surface area contributed by atoms with Gasteiger partial charge in [0, 0.05) is 66.5 Å². The molecular weight excluding hydrogens is 728 g/mol. The number of aromatic nitrogens is 2. The quantitative estimate of drug-likeness (QED) is 0.121. The van der Waals surface area contributed by atoms with Crippen LogP contribution in [-0.4, -0.2) is 68.2 Å². The van der Waals surface area contributed by atoms with Crippen molar-refractivity contribution in [2.45, 2.75) is 57.9 Å². The van der Waals surface area contributed by atoms with Crippen molar-refractivity contribution in [1.29, 1.82) is 0 Å². The third-order valence-corrected chi connectivity index (χ3v) is 10.2. The van der Waals surface area contributed by atoms with E-state index in [2.05, 4.69) is 14.7 Å². The summed E-state index contributed by atoms with van der Waals surface area (Å²) in [6.07, 6.45) is 0.744. The van der Waals surface area contributed by atoms with Crippen molar-refractivity contribution in [3.63, 3.8) is 0 Å². The van der Waals surface area contributed by atoms with Crippen molar-refractivity contribution in [2.75, 3.05) is 38.2 Å². The molecule has 0 saturated carbocycles. The van der Waals surface area contributed by atoms with E-state index in [1.807, 2.05) is 6.92 Å². The highest BCUT2D eigenvalue weighted by Gasteiger charge is 2.32. The molecule has 0 spiro atoms.